The van der Waals surface area contributed by atoms with Crippen molar-refractivity contribution in [1.29, 1.82) is 0 Å². The maximum Gasteiger partial charge on any atom is 0.169 e. The van der Waals surface area contributed by atoms with Gasteiger partial charge < -0.3 is 10.2 Å². The Morgan fingerprint density at radius 3 is 2.85 bits per heavy atom. The number of hydrogen-bond donors (Lipinski definition) is 1. The minimum Gasteiger partial charge on any atom is -0.353 e. The molecule has 1 aliphatic rings. The van der Waals surface area contributed by atoms with E-state index in [0.717, 1.165) is 11.3 Å². The molecule has 1 aromatic carbocycles. The van der Waals surface area contributed by atoms with E-state index in [0.29, 0.717) is 24.5 Å². The molecule has 0 bridgehead atoms. The van der Waals surface area contributed by atoms with Gasteiger partial charge in [-0.05, 0) is 30.8 Å². The van der Waals surface area contributed by atoms with Crippen molar-refractivity contribution in [3.63, 3.8) is 0 Å². The minimum atomic E-state index is -3.19. The van der Waals surface area contributed by atoms with Crippen molar-refractivity contribution in [2.75, 3.05) is 36.3 Å². The van der Waals surface area contributed by atoms with Gasteiger partial charge in [0.2, 0.25) is 0 Å². The molecule has 1 aromatic rings. The molecule has 112 valence electrons. The average molecular weight is 318 g/mol. The van der Waals surface area contributed by atoms with Gasteiger partial charge in [-0.15, -0.1) is 0 Å². The molecule has 0 radical (unpaired) electrons. The SMILES string of the molecule is CNCc1cc(F)cc(N2CCSCC2S(C)(=O)=O)c1. The number of rotatable bonds is 4. The fraction of sp³-hybridized carbons (Fsp3) is 0.538. The molecule has 1 fully saturated rings. The van der Waals surface area contributed by atoms with E-state index in [1.54, 1.807) is 23.7 Å². The Hall–Kier alpha value is -0.790. The molecule has 1 N–H and O–H groups in total. The van der Waals surface area contributed by atoms with E-state index < -0.39 is 15.2 Å². The zero-order chi connectivity index (χ0) is 14.8. The van der Waals surface area contributed by atoms with Gasteiger partial charge in [-0.3, -0.25) is 0 Å². The Labute approximate surface area is 123 Å². The van der Waals surface area contributed by atoms with E-state index in [9.17, 15) is 12.8 Å². The number of benzene rings is 1. The van der Waals surface area contributed by atoms with Gasteiger partial charge >= 0.3 is 0 Å². The van der Waals surface area contributed by atoms with Crippen molar-refractivity contribution < 1.29 is 12.8 Å². The van der Waals surface area contributed by atoms with Crippen LogP contribution in [0.15, 0.2) is 18.2 Å². The van der Waals surface area contributed by atoms with Crippen LogP contribution in [0.5, 0.6) is 0 Å². The second-order valence-corrected chi connectivity index (χ2v) is 8.25. The number of nitrogens with zero attached hydrogens (tertiary/aromatic N) is 1. The number of sulfone groups is 1. The van der Waals surface area contributed by atoms with Crippen molar-refractivity contribution in [3.05, 3.63) is 29.6 Å². The summed E-state index contributed by atoms with van der Waals surface area (Å²) in [6, 6.07) is 4.73. The molecule has 20 heavy (non-hydrogen) atoms. The molecule has 0 aromatic heterocycles. The van der Waals surface area contributed by atoms with Gasteiger partial charge in [-0.2, -0.15) is 11.8 Å². The molecule has 1 aliphatic heterocycles. The summed E-state index contributed by atoms with van der Waals surface area (Å²) >= 11 is 1.62. The highest BCUT2D eigenvalue weighted by molar-refractivity contribution is 8.01. The molecule has 1 atom stereocenters. The fourth-order valence-corrected chi connectivity index (χ4v) is 5.18. The molecule has 7 heteroatoms. The van der Waals surface area contributed by atoms with Gasteiger partial charge in [-0.25, -0.2) is 12.8 Å². The van der Waals surface area contributed by atoms with Crippen LogP contribution in [0.3, 0.4) is 0 Å². The zero-order valence-corrected chi connectivity index (χ0v) is 13.2. The van der Waals surface area contributed by atoms with Gasteiger partial charge in [0.05, 0.1) is 0 Å². The van der Waals surface area contributed by atoms with Crippen molar-refractivity contribution >= 4 is 27.3 Å². The van der Waals surface area contributed by atoms with Crippen molar-refractivity contribution in [3.8, 4) is 0 Å². The van der Waals surface area contributed by atoms with Crippen LogP contribution in [0, 0.1) is 5.82 Å². The summed E-state index contributed by atoms with van der Waals surface area (Å²) in [5.74, 6) is 1.04. The maximum absolute atomic E-state index is 13.7. The van der Waals surface area contributed by atoms with Gasteiger partial charge in [0.1, 0.15) is 11.2 Å². The first-order chi connectivity index (χ1) is 9.41. The lowest BCUT2D eigenvalue weighted by molar-refractivity contribution is 0.583. The van der Waals surface area contributed by atoms with E-state index in [2.05, 4.69) is 5.32 Å². The molecule has 0 amide bonds. The van der Waals surface area contributed by atoms with E-state index in [1.807, 2.05) is 6.07 Å². The average Bonchev–Trinajstić information content (AvgIpc) is 2.37. The quantitative estimate of drug-likeness (QED) is 0.911. The Morgan fingerprint density at radius 2 is 2.20 bits per heavy atom. The highest BCUT2D eigenvalue weighted by atomic mass is 32.2. The first-order valence-corrected chi connectivity index (χ1v) is 9.50. The molecule has 0 aliphatic carbocycles. The Bertz CT molecular complexity index is 578. The second kappa shape index (κ2) is 6.32. The van der Waals surface area contributed by atoms with Crippen LogP contribution in [0.1, 0.15) is 5.56 Å². The molecule has 2 rings (SSSR count). The predicted molar refractivity (Wildman–Crippen MR) is 82.5 cm³/mol. The van der Waals surface area contributed by atoms with E-state index in [1.165, 1.54) is 18.4 Å². The van der Waals surface area contributed by atoms with Crippen molar-refractivity contribution in [2.24, 2.45) is 0 Å². The lowest BCUT2D eigenvalue weighted by atomic mass is 10.1. The first-order valence-electron chi connectivity index (χ1n) is 6.39. The number of nitrogens with one attached hydrogen (secondary N) is 1. The van der Waals surface area contributed by atoms with Gasteiger partial charge in [0.25, 0.3) is 0 Å². The monoisotopic (exact) mass is 318 g/mol. The Balaban J connectivity index is 2.37. The third-order valence-corrected chi connectivity index (χ3v) is 5.88. The molecular formula is C13H19FN2O2S2. The molecule has 0 spiro atoms. The normalized spacial score (nSPS) is 20.1. The summed E-state index contributed by atoms with van der Waals surface area (Å²) in [6.07, 6.45) is 1.24. The maximum atomic E-state index is 13.7. The summed E-state index contributed by atoms with van der Waals surface area (Å²) in [5, 5.41) is 2.40. The van der Waals surface area contributed by atoms with E-state index in [4.69, 9.17) is 0 Å². The number of hydrogen-bond acceptors (Lipinski definition) is 5. The van der Waals surface area contributed by atoms with Crippen LogP contribution in [0.25, 0.3) is 0 Å². The van der Waals surface area contributed by atoms with Gasteiger partial charge in [0, 0.05) is 36.5 Å². The largest absolute Gasteiger partial charge is 0.353 e. The van der Waals surface area contributed by atoms with Crippen LogP contribution >= 0.6 is 11.8 Å². The van der Waals surface area contributed by atoms with Crippen LogP contribution in [-0.2, 0) is 16.4 Å². The minimum absolute atomic E-state index is 0.335. The predicted octanol–water partition coefficient (Wildman–Crippen LogP) is 1.47. The fourth-order valence-electron chi connectivity index (χ4n) is 2.34. The molecule has 1 saturated heterocycles. The van der Waals surface area contributed by atoms with Crippen LogP contribution in [-0.4, -0.2) is 45.1 Å². The highest BCUT2D eigenvalue weighted by Gasteiger charge is 2.31. The third-order valence-electron chi connectivity index (χ3n) is 3.23. The van der Waals surface area contributed by atoms with Crippen molar-refractivity contribution in [2.45, 2.75) is 11.9 Å². The van der Waals surface area contributed by atoms with Crippen LogP contribution in [0.2, 0.25) is 0 Å². The smallest absolute Gasteiger partial charge is 0.169 e. The molecule has 4 nitrogen and oxygen atoms in total. The molecule has 1 heterocycles. The molecule has 1 unspecified atom stereocenters. The topological polar surface area (TPSA) is 49.4 Å². The summed E-state index contributed by atoms with van der Waals surface area (Å²) in [5.41, 5.74) is 1.46. The molecule has 0 saturated carbocycles. The summed E-state index contributed by atoms with van der Waals surface area (Å²) in [7, 11) is -1.40. The highest BCUT2D eigenvalue weighted by Crippen LogP contribution is 2.28. The summed E-state index contributed by atoms with van der Waals surface area (Å²) in [6.45, 7) is 1.17. The standard InChI is InChI=1S/C13H19FN2O2S2/c1-15-8-10-5-11(14)7-12(6-10)16-3-4-19-9-13(16)20(2,17)18/h5-7,13,15H,3-4,8-9H2,1-2H3. The second-order valence-electron chi connectivity index (χ2n) is 4.90. The lowest BCUT2D eigenvalue weighted by Crippen LogP contribution is -2.47. The van der Waals surface area contributed by atoms with Crippen LogP contribution in [0.4, 0.5) is 10.1 Å². The Kier molecular flexibility index (Phi) is 4.93. The van der Waals surface area contributed by atoms with Crippen molar-refractivity contribution in [1.82, 2.24) is 5.32 Å². The van der Waals surface area contributed by atoms with Gasteiger partial charge in [-0.1, -0.05) is 0 Å². The van der Waals surface area contributed by atoms with E-state index >= 15 is 0 Å². The molecular weight excluding hydrogens is 299 g/mol. The third kappa shape index (κ3) is 3.65. The number of thioether (sulfide) groups is 1. The van der Waals surface area contributed by atoms with Gasteiger partial charge in [0.15, 0.2) is 9.84 Å². The zero-order valence-electron chi connectivity index (χ0n) is 11.6. The van der Waals surface area contributed by atoms with Crippen LogP contribution < -0.4 is 10.2 Å². The summed E-state index contributed by atoms with van der Waals surface area (Å²) < 4.78 is 37.5. The van der Waals surface area contributed by atoms with E-state index in [-0.39, 0.29) is 5.82 Å². The number of anilines is 1. The number of halogens is 1. The first kappa shape index (κ1) is 15.6. The Morgan fingerprint density at radius 1 is 1.45 bits per heavy atom. The lowest BCUT2D eigenvalue weighted by Gasteiger charge is -2.36. The summed E-state index contributed by atoms with van der Waals surface area (Å²) in [4.78, 5) is 1.80.